The Hall–Kier alpha value is -4.32. The average molecular weight is 481 g/mol. The van der Waals surface area contributed by atoms with E-state index < -0.39 is 0 Å². The van der Waals surface area contributed by atoms with Gasteiger partial charge in [-0.1, -0.05) is 48.5 Å². The fourth-order valence-electron chi connectivity index (χ4n) is 5.29. The monoisotopic (exact) mass is 480 g/mol. The van der Waals surface area contributed by atoms with Gasteiger partial charge < -0.3 is 18.9 Å². The molecule has 4 aromatic carbocycles. The topological polar surface area (TPSA) is 71.1 Å². The highest BCUT2D eigenvalue weighted by molar-refractivity contribution is 6.00. The summed E-state index contributed by atoms with van der Waals surface area (Å²) in [6.45, 7) is 0. The van der Waals surface area contributed by atoms with Crippen LogP contribution in [0.25, 0.3) is 10.8 Å². The van der Waals surface area contributed by atoms with Gasteiger partial charge >= 0.3 is 11.9 Å². The molecular formula is C30H24O6. The third-order valence-electron chi connectivity index (χ3n) is 7.12. The molecule has 36 heavy (non-hydrogen) atoms. The van der Waals surface area contributed by atoms with Gasteiger partial charge in [-0.25, -0.2) is 0 Å². The second kappa shape index (κ2) is 8.72. The quantitative estimate of drug-likeness (QED) is 0.274. The first-order valence-electron chi connectivity index (χ1n) is 11.8. The van der Waals surface area contributed by atoms with Gasteiger partial charge in [-0.3, -0.25) is 9.59 Å². The first-order valence-corrected chi connectivity index (χ1v) is 11.8. The summed E-state index contributed by atoms with van der Waals surface area (Å²) in [4.78, 5) is 25.3. The van der Waals surface area contributed by atoms with Gasteiger partial charge in [-0.15, -0.1) is 0 Å². The molecule has 0 fully saturated rings. The summed E-state index contributed by atoms with van der Waals surface area (Å²) in [5.41, 5.74) is 3.89. The fourth-order valence-corrected chi connectivity index (χ4v) is 5.29. The molecule has 0 bridgehead atoms. The number of carbonyl (C=O) groups excluding carboxylic acids is 2. The molecule has 2 atom stereocenters. The number of hydrogen-bond donors (Lipinski definition) is 0. The van der Waals surface area contributed by atoms with E-state index >= 15 is 0 Å². The van der Waals surface area contributed by atoms with Crippen molar-refractivity contribution in [2.24, 2.45) is 0 Å². The minimum absolute atomic E-state index is 0.137. The van der Waals surface area contributed by atoms with Crippen LogP contribution in [-0.4, -0.2) is 26.2 Å². The fraction of sp³-hybridized carbons (Fsp3) is 0.200. The van der Waals surface area contributed by atoms with Gasteiger partial charge in [0.15, 0.2) is 0 Å². The Balaban J connectivity index is 1.47. The Morgan fingerprint density at radius 2 is 0.972 bits per heavy atom. The number of benzene rings is 4. The number of esters is 2. The molecule has 2 heterocycles. The number of rotatable bonds is 4. The Labute approximate surface area is 208 Å². The van der Waals surface area contributed by atoms with Gasteiger partial charge in [0.1, 0.15) is 23.0 Å². The van der Waals surface area contributed by atoms with E-state index in [2.05, 4.69) is 0 Å². The van der Waals surface area contributed by atoms with Gasteiger partial charge in [0.05, 0.1) is 27.1 Å². The van der Waals surface area contributed by atoms with Gasteiger partial charge in [0.2, 0.25) is 0 Å². The van der Waals surface area contributed by atoms with Crippen molar-refractivity contribution in [1.29, 1.82) is 0 Å². The van der Waals surface area contributed by atoms with Gasteiger partial charge in [-0.2, -0.15) is 0 Å². The molecule has 180 valence electrons. The normalized spacial score (nSPS) is 18.6. The number of methoxy groups -OCH3 is 2. The van der Waals surface area contributed by atoms with Crippen molar-refractivity contribution in [2.75, 3.05) is 14.2 Å². The van der Waals surface area contributed by atoms with E-state index in [0.717, 1.165) is 44.5 Å². The van der Waals surface area contributed by atoms with Crippen molar-refractivity contribution in [1.82, 2.24) is 0 Å². The average Bonchev–Trinajstić information content (AvgIpc) is 2.92. The Kier molecular flexibility index (Phi) is 5.37. The maximum atomic E-state index is 12.7. The molecule has 2 aliphatic rings. The van der Waals surface area contributed by atoms with Crippen LogP contribution in [0.2, 0.25) is 0 Å². The van der Waals surface area contributed by atoms with Crippen molar-refractivity contribution >= 4 is 22.7 Å². The number of fused-ring (bicyclic) bond motifs is 5. The number of carbonyl (C=O) groups is 2. The summed E-state index contributed by atoms with van der Waals surface area (Å²) in [5.74, 6) is 1.71. The molecule has 4 aromatic rings. The molecule has 0 spiro atoms. The lowest BCUT2D eigenvalue weighted by Gasteiger charge is -2.29. The number of hydrogen-bond acceptors (Lipinski definition) is 6. The van der Waals surface area contributed by atoms with E-state index in [9.17, 15) is 9.59 Å². The second-order valence-electron chi connectivity index (χ2n) is 9.07. The van der Waals surface area contributed by atoms with Crippen LogP contribution in [0.3, 0.4) is 0 Å². The van der Waals surface area contributed by atoms with E-state index in [1.165, 1.54) is 0 Å². The largest absolute Gasteiger partial charge is 0.497 e. The SMILES string of the molecule is COc1ccc(C2CC(=O)Oc3c2ccc2c4c(ccc32)C(c2ccc(OC)cc2)CC(=O)O4)cc1. The zero-order valence-electron chi connectivity index (χ0n) is 19.9. The summed E-state index contributed by atoms with van der Waals surface area (Å²) in [6.07, 6.45) is 0.509. The Bertz CT molecular complexity index is 1370. The minimum atomic E-state index is -0.290. The molecule has 0 aromatic heterocycles. The summed E-state index contributed by atoms with van der Waals surface area (Å²) >= 11 is 0. The van der Waals surface area contributed by atoms with Crippen LogP contribution in [0.4, 0.5) is 0 Å². The predicted octanol–water partition coefficient (Wildman–Crippen LogP) is 5.74. The van der Waals surface area contributed by atoms with E-state index in [-0.39, 0.29) is 36.6 Å². The summed E-state index contributed by atoms with van der Waals surface area (Å²) in [7, 11) is 3.25. The third-order valence-corrected chi connectivity index (χ3v) is 7.12. The molecule has 6 rings (SSSR count). The zero-order valence-corrected chi connectivity index (χ0v) is 19.9. The highest BCUT2D eigenvalue weighted by Crippen LogP contribution is 2.48. The molecule has 0 radical (unpaired) electrons. The van der Waals surface area contributed by atoms with Crippen molar-refractivity contribution in [3.63, 3.8) is 0 Å². The first-order chi connectivity index (χ1) is 17.6. The molecule has 0 saturated heterocycles. The van der Waals surface area contributed by atoms with Gasteiger partial charge in [-0.05, 0) is 35.4 Å². The lowest BCUT2D eigenvalue weighted by atomic mass is 9.82. The third kappa shape index (κ3) is 3.66. The Morgan fingerprint density at radius 3 is 1.33 bits per heavy atom. The Morgan fingerprint density at radius 1 is 0.583 bits per heavy atom. The van der Waals surface area contributed by atoms with Crippen LogP contribution in [0.1, 0.15) is 46.9 Å². The lowest BCUT2D eigenvalue weighted by molar-refractivity contribution is -0.136. The molecule has 0 N–H and O–H groups in total. The van der Waals surface area contributed by atoms with Crippen molar-refractivity contribution < 1.29 is 28.5 Å². The highest BCUT2D eigenvalue weighted by Gasteiger charge is 2.34. The smallest absolute Gasteiger partial charge is 0.312 e. The highest BCUT2D eigenvalue weighted by atomic mass is 16.5. The van der Waals surface area contributed by atoms with E-state index in [1.807, 2.05) is 72.8 Å². The van der Waals surface area contributed by atoms with Crippen molar-refractivity contribution in [3.05, 3.63) is 95.1 Å². The first kappa shape index (κ1) is 22.2. The van der Waals surface area contributed by atoms with Crippen LogP contribution < -0.4 is 18.9 Å². The second-order valence-corrected chi connectivity index (χ2v) is 9.07. The van der Waals surface area contributed by atoms with E-state index in [1.54, 1.807) is 14.2 Å². The van der Waals surface area contributed by atoms with Gasteiger partial charge in [0.25, 0.3) is 0 Å². The van der Waals surface area contributed by atoms with Crippen molar-refractivity contribution in [2.45, 2.75) is 24.7 Å². The molecular weight excluding hydrogens is 456 g/mol. The maximum Gasteiger partial charge on any atom is 0.312 e. The summed E-state index contributed by atoms with van der Waals surface area (Å²) in [6, 6.07) is 23.4. The molecule has 2 aliphatic heterocycles. The van der Waals surface area contributed by atoms with Crippen LogP contribution in [-0.2, 0) is 9.59 Å². The maximum absolute atomic E-state index is 12.7. The lowest BCUT2D eigenvalue weighted by Crippen LogP contribution is -2.23. The van der Waals surface area contributed by atoms with Crippen LogP contribution in [0.5, 0.6) is 23.0 Å². The molecule has 6 heteroatoms. The molecule has 0 saturated carbocycles. The van der Waals surface area contributed by atoms with E-state index in [4.69, 9.17) is 18.9 Å². The van der Waals surface area contributed by atoms with Crippen LogP contribution in [0.15, 0.2) is 72.8 Å². The summed E-state index contributed by atoms with van der Waals surface area (Å²) < 4.78 is 22.1. The standard InChI is InChI=1S/C30H24O6/c1-33-19-7-3-17(4-8-19)25-15-27(31)35-29-21-12-14-24-26(18-5-9-20(34-2)10-6-18)16-28(32)36-30(24)22(21)11-13-23(25)29/h3-14,25-26H,15-16H2,1-2H3. The molecule has 6 nitrogen and oxygen atoms in total. The van der Waals surface area contributed by atoms with Crippen LogP contribution >= 0.6 is 0 Å². The van der Waals surface area contributed by atoms with Crippen LogP contribution in [0, 0.1) is 0 Å². The predicted molar refractivity (Wildman–Crippen MR) is 134 cm³/mol. The molecule has 2 unspecified atom stereocenters. The van der Waals surface area contributed by atoms with E-state index in [0.29, 0.717) is 11.5 Å². The number of ether oxygens (including phenoxy) is 4. The summed E-state index contributed by atoms with van der Waals surface area (Å²) in [5, 5.41) is 1.50. The van der Waals surface area contributed by atoms with Gasteiger partial charge in [0, 0.05) is 33.7 Å². The van der Waals surface area contributed by atoms with Crippen molar-refractivity contribution in [3.8, 4) is 23.0 Å². The molecule has 0 aliphatic carbocycles. The minimum Gasteiger partial charge on any atom is -0.497 e. The molecule has 0 amide bonds. The zero-order chi connectivity index (χ0) is 24.8.